The standard InChI is InChI=1S/C20H22N4O2/c1-13(2)19(25)23-17(20(26)24-18-9-5-6-10-21-18)11-14-12-22-16-8-4-3-7-15(14)16/h3-10,12-13,17,22H,11H2,1-2H3,(H,23,25)(H,21,24,26). The van der Waals surface area contributed by atoms with Gasteiger partial charge in [-0.1, -0.05) is 38.1 Å². The largest absolute Gasteiger partial charge is 0.361 e. The normalized spacial score (nSPS) is 12.1. The van der Waals surface area contributed by atoms with E-state index in [0.29, 0.717) is 12.2 Å². The Kier molecular flexibility index (Phi) is 5.31. The molecular formula is C20H22N4O2. The molecule has 3 N–H and O–H groups in total. The van der Waals surface area contributed by atoms with Gasteiger partial charge >= 0.3 is 0 Å². The van der Waals surface area contributed by atoms with E-state index in [9.17, 15) is 9.59 Å². The summed E-state index contributed by atoms with van der Waals surface area (Å²) in [4.78, 5) is 32.3. The summed E-state index contributed by atoms with van der Waals surface area (Å²) in [7, 11) is 0. The fraction of sp³-hybridized carbons (Fsp3) is 0.250. The highest BCUT2D eigenvalue weighted by Crippen LogP contribution is 2.19. The Morgan fingerprint density at radius 1 is 1.08 bits per heavy atom. The van der Waals surface area contributed by atoms with E-state index in [1.54, 1.807) is 38.2 Å². The summed E-state index contributed by atoms with van der Waals surface area (Å²) >= 11 is 0. The third-order valence-electron chi connectivity index (χ3n) is 4.17. The van der Waals surface area contributed by atoms with Crippen molar-refractivity contribution in [3.8, 4) is 0 Å². The Hall–Kier alpha value is -3.15. The third-order valence-corrected chi connectivity index (χ3v) is 4.17. The number of carbonyl (C=O) groups is 2. The number of nitrogens with zero attached hydrogens (tertiary/aromatic N) is 1. The number of hydrogen-bond acceptors (Lipinski definition) is 3. The first-order chi connectivity index (χ1) is 12.5. The molecule has 2 heterocycles. The molecule has 2 aromatic heterocycles. The predicted molar refractivity (Wildman–Crippen MR) is 102 cm³/mol. The van der Waals surface area contributed by atoms with Gasteiger partial charge in [-0.05, 0) is 23.8 Å². The van der Waals surface area contributed by atoms with Gasteiger partial charge in [-0.25, -0.2) is 4.98 Å². The van der Waals surface area contributed by atoms with Crippen molar-refractivity contribution in [2.75, 3.05) is 5.32 Å². The van der Waals surface area contributed by atoms with Crippen LogP contribution >= 0.6 is 0 Å². The van der Waals surface area contributed by atoms with Gasteiger partial charge in [0, 0.05) is 35.6 Å². The second kappa shape index (κ2) is 7.82. The zero-order valence-electron chi connectivity index (χ0n) is 14.8. The molecule has 3 rings (SSSR count). The molecule has 1 unspecified atom stereocenters. The maximum absolute atomic E-state index is 12.8. The number of fused-ring (bicyclic) bond motifs is 1. The van der Waals surface area contributed by atoms with E-state index < -0.39 is 6.04 Å². The molecule has 0 fully saturated rings. The van der Waals surface area contributed by atoms with Crippen molar-refractivity contribution in [2.24, 2.45) is 5.92 Å². The van der Waals surface area contributed by atoms with Gasteiger partial charge < -0.3 is 15.6 Å². The van der Waals surface area contributed by atoms with Crippen LogP contribution in [0.25, 0.3) is 10.9 Å². The van der Waals surface area contributed by atoms with E-state index in [1.165, 1.54) is 0 Å². The van der Waals surface area contributed by atoms with Gasteiger partial charge in [0.2, 0.25) is 11.8 Å². The smallest absolute Gasteiger partial charge is 0.248 e. The summed E-state index contributed by atoms with van der Waals surface area (Å²) in [5.41, 5.74) is 1.98. The number of hydrogen-bond donors (Lipinski definition) is 3. The fourth-order valence-electron chi connectivity index (χ4n) is 2.72. The van der Waals surface area contributed by atoms with Crippen LogP contribution in [-0.4, -0.2) is 27.8 Å². The number of rotatable bonds is 6. The van der Waals surface area contributed by atoms with Gasteiger partial charge in [-0.2, -0.15) is 0 Å². The fourth-order valence-corrected chi connectivity index (χ4v) is 2.72. The highest BCUT2D eigenvalue weighted by atomic mass is 16.2. The number of anilines is 1. The monoisotopic (exact) mass is 350 g/mol. The summed E-state index contributed by atoms with van der Waals surface area (Å²) in [5.74, 6) is -0.197. The van der Waals surface area contributed by atoms with E-state index in [4.69, 9.17) is 0 Å². The maximum Gasteiger partial charge on any atom is 0.248 e. The molecule has 0 bridgehead atoms. The molecule has 1 aromatic carbocycles. The van der Waals surface area contributed by atoms with Crippen LogP contribution in [0.2, 0.25) is 0 Å². The van der Waals surface area contributed by atoms with E-state index in [2.05, 4.69) is 20.6 Å². The second-order valence-electron chi connectivity index (χ2n) is 6.48. The minimum Gasteiger partial charge on any atom is -0.361 e. The zero-order chi connectivity index (χ0) is 18.5. The van der Waals surface area contributed by atoms with Crippen LogP contribution in [0.5, 0.6) is 0 Å². The number of amides is 2. The highest BCUT2D eigenvalue weighted by molar-refractivity contribution is 5.97. The van der Waals surface area contributed by atoms with Crippen molar-refractivity contribution in [3.63, 3.8) is 0 Å². The number of nitrogens with one attached hydrogen (secondary N) is 3. The quantitative estimate of drug-likeness (QED) is 0.639. The first-order valence-corrected chi connectivity index (χ1v) is 8.62. The van der Waals surface area contributed by atoms with E-state index in [-0.39, 0.29) is 17.7 Å². The average molecular weight is 350 g/mol. The molecule has 3 aromatic rings. The Morgan fingerprint density at radius 3 is 2.58 bits per heavy atom. The molecule has 0 saturated heterocycles. The summed E-state index contributed by atoms with van der Waals surface area (Å²) < 4.78 is 0. The second-order valence-corrected chi connectivity index (χ2v) is 6.48. The minimum absolute atomic E-state index is 0.161. The van der Waals surface area contributed by atoms with Gasteiger partial charge in [-0.15, -0.1) is 0 Å². The highest BCUT2D eigenvalue weighted by Gasteiger charge is 2.24. The first kappa shape index (κ1) is 17.7. The van der Waals surface area contributed by atoms with Crippen molar-refractivity contribution in [2.45, 2.75) is 26.3 Å². The van der Waals surface area contributed by atoms with Gasteiger partial charge in [0.05, 0.1) is 0 Å². The van der Waals surface area contributed by atoms with Crippen LogP contribution in [0.15, 0.2) is 54.9 Å². The molecule has 6 nitrogen and oxygen atoms in total. The molecule has 6 heteroatoms. The van der Waals surface area contributed by atoms with E-state index in [0.717, 1.165) is 16.5 Å². The number of benzene rings is 1. The molecule has 26 heavy (non-hydrogen) atoms. The van der Waals surface area contributed by atoms with Crippen LogP contribution in [0.3, 0.4) is 0 Å². The molecule has 1 atom stereocenters. The Morgan fingerprint density at radius 2 is 1.85 bits per heavy atom. The van der Waals surface area contributed by atoms with E-state index in [1.807, 2.05) is 30.5 Å². The number of carbonyl (C=O) groups excluding carboxylic acids is 2. The van der Waals surface area contributed by atoms with E-state index >= 15 is 0 Å². The number of aromatic amines is 1. The van der Waals surface area contributed by atoms with Crippen LogP contribution in [0, 0.1) is 5.92 Å². The number of H-pyrrole nitrogens is 1. The Balaban J connectivity index is 1.82. The van der Waals surface area contributed by atoms with Crippen molar-refractivity contribution >= 4 is 28.5 Å². The molecule has 0 saturated carbocycles. The minimum atomic E-state index is -0.689. The molecule has 0 spiro atoms. The SMILES string of the molecule is CC(C)C(=O)NC(Cc1c[nH]c2ccccc12)C(=O)Nc1ccccn1. The van der Waals surface area contributed by atoms with Gasteiger partial charge in [-0.3, -0.25) is 9.59 Å². The van der Waals surface area contributed by atoms with Crippen molar-refractivity contribution < 1.29 is 9.59 Å². The molecule has 0 radical (unpaired) electrons. The number of pyridine rings is 1. The molecule has 2 amide bonds. The summed E-state index contributed by atoms with van der Waals surface area (Å²) in [5, 5.41) is 6.66. The van der Waals surface area contributed by atoms with Gasteiger partial charge in [0.15, 0.2) is 0 Å². The van der Waals surface area contributed by atoms with Crippen LogP contribution in [0.4, 0.5) is 5.82 Å². The first-order valence-electron chi connectivity index (χ1n) is 8.62. The molecular weight excluding hydrogens is 328 g/mol. The van der Waals surface area contributed by atoms with Crippen LogP contribution in [-0.2, 0) is 16.0 Å². The number of para-hydroxylation sites is 1. The maximum atomic E-state index is 12.8. The lowest BCUT2D eigenvalue weighted by Gasteiger charge is -2.19. The summed E-state index contributed by atoms with van der Waals surface area (Å²) in [6.45, 7) is 3.60. The Labute approximate surface area is 152 Å². The van der Waals surface area contributed by atoms with Crippen molar-refractivity contribution in [1.29, 1.82) is 0 Å². The van der Waals surface area contributed by atoms with Gasteiger partial charge in [0.25, 0.3) is 0 Å². The van der Waals surface area contributed by atoms with Crippen LogP contribution < -0.4 is 10.6 Å². The third kappa shape index (κ3) is 4.08. The average Bonchev–Trinajstić information content (AvgIpc) is 3.05. The van der Waals surface area contributed by atoms with Crippen molar-refractivity contribution in [3.05, 3.63) is 60.4 Å². The topological polar surface area (TPSA) is 86.9 Å². The Bertz CT molecular complexity index is 902. The molecule has 0 aliphatic carbocycles. The molecule has 0 aliphatic rings. The molecule has 0 aliphatic heterocycles. The lowest BCUT2D eigenvalue weighted by atomic mass is 10.0. The predicted octanol–water partition coefficient (Wildman–Crippen LogP) is 2.88. The van der Waals surface area contributed by atoms with Gasteiger partial charge in [0.1, 0.15) is 11.9 Å². The lowest BCUT2D eigenvalue weighted by molar-refractivity contribution is -0.128. The lowest BCUT2D eigenvalue weighted by Crippen LogP contribution is -2.46. The molecule has 134 valence electrons. The van der Waals surface area contributed by atoms with Crippen molar-refractivity contribution in [1.82, 2.24) is 15.3 Å². The summed E-state index contributed by atoms with van der Waals surface area (Å²) in [6.07, 6.45) is 3.88. The number of aromatic nitrogens is 2. The van der Waals surface area contributed by atoms with Crippen LogP contribution in [0.1, 0.15) is 19.4 Å². The summed E-state index contributed by atoms with van der Waals surface area (Å²) in [6, 6.07) is 12.5. The zero-order valence-corrected chi connectivity index (χ0v) is 14.8.